The molecule has 0 aliphatic carbocycles. The highest BCUT2D eigenvalue weighted by Gasteiger charge is 1.85. The van der Waals surface area contributed by atoms with Gasteiger partial charge in [-0.05, 0) is 13.0 Å². The van der Waals surface area contributed by atoms with Crippen LogP contribution in [0.25, 0.3) is 0 Å². The van der Waals surface area contributed by atoms with Crippen LogP contribution >= 0.6 is 0 Å². The van der Waals surface area contributed by atoms with Gasteiger partial charge in [0, 0.05) is 0 Å². The van der Waals surface area contributed by atoms with Gasteiger partial charge in [-0.25, -0.2) is 0 Å². The van der Waals surface area contributed by atoms with Crippen LogP contribution in [0.15, 0.2) is 12.3 Å². The lowest BCUT2D eigenvalue weighted by atomic mass is 10.5. The quantitative estimate of drug-likeness (QED) is 0.408. The van der Waals surface area contributed by atoms with Crippen LogP contribution in [0.3, 0.4) is 0 Å². The number of nitriles is 1. The first-order valence-corrected chi connectivity index (χ1v) is 2.53. The average molecular weight is 111 g/mol. The lowest BCUT2D eigenvalue weighted by Crippen LogP contribution is -1.88. The van der Waals surface area contributed by atoms with Crippen LogP contribution in [-0.2, 0) is 4.74 Å². The normalized spacial score (nSPS) is 7.50. The van der Waals surface area contributed by atoms with Crippen molar-refractivity contribution in [3.63, 3.8) is 0 Å². The Kier molecular flexibility index (Phi) is 3.69. The minimum Gasteiger partial charge on any atom is -0.484 e. The predicted molar refractivity (Wildman–Crippen MR) is 31.0 cm³/mol. The molecule has 44 valence electrons. The smallest absolute Gasteiger partial charge is 0.189 e. The Labute approximate surface area is 49.4 Å². The molecule has 0 rings (SSSR count). The molecule has 0 amide bonds. The molecule has 0 unspecified atom stereocenters. The number of ether oxygens (including phenoxy) is 1. The summed E-state index contributed by atoms with van der Waals surface area (Å²) < 4.78 is 4.78. The summed E-state index contributed by atoms with van der Waals surface area (Å²) in [5.41, 5.74) is 0. The average Bonchev–Trinajstić information content (AvgIpc) is 1.83. The van der Waals surface area contributed by atoms with E-state index in [-0.39, 0.29) is 5.76 Å². The third-order valence-corrected chi connectivity index (χ3v) is 0.605. The summed E-state index contributed by atoms with van der Waals surface area (Å²) in [7, 11) is 0. The second kappa shape index (κ2) is 4.20. The van der Waals surface area contributed by atoms with Crippen molar-refractivity contribution in [1.29, 1.82) is 5.26 Å². The Hall–Kier alpha value is -0.970. The summed E-state index contributed by atoms with van der Waals surface area (Å²) in [5.74, 6) is 0.201. The molecule has 0 N–H and O–H groups in total. The van der Waals surface area contributed by atoms with Crippen molar-refractivity contribution in [3.05, 3.63) is 12.3 Å². The molecular formula is C6H9NO. The zero-order chi connectivity index (χ0) is 6.41. The van der Waals surface area contributed by atoms with Crippen molar-refractivity contribution in [3.8, 4) is 6.07 Å². The van der Waals surface area contributed by atoms with E-state index in [2.05, 4.69) is 6.58 Å². The van der Waals surface area contributed by atoms with E-state index in [1.807, 2.05) is 6.92 Å². The van der Waals surface area contributed by atoms with Crippen LogP contribution in [0.4, 0.5) is 0 Å². The van der Waals surface area contributed by atoms with E-state index in [0.717, 1.165) is 6.42 Å². The maximum Gasteiger partial charge on any atom is 0.189 e. The molecule has 0 aliphatic heterocycles. The summed E-state index contributed by atoms with van der Waals surface area (Å²) in [5, 5.41) is 8.09. The molecule has 8 heavy (non-hydrogen) atoms. The summed E-state index contributed by atoms with van der Waals surface area (Å²) >= 11 is 0. The number of allylic oxidation sites excluding steroid dienone is 1. The van der Waals surface area contributed by atoms with Gasteiger partial charge in [-0.15, -0.1) is 0 Å². The van der Waals surface area contributed by atoms with E-state index >= 15 is 0 Å². The lowest BCUT2D eigenvalue weighted by Gasteiger charge is -1.96. The Morgan fingerprint density at radius 1 is 1.88 bits per heavy atom. The highest BCUT2D eigenvalue weighted by atomic mass is 16.5. The van der Waals surface area contributed by atoms with Gasteiger partial charge in [0.1, 0.15) is 6.07 Å². The molecule has 0 aromatic carbocycles. The second-order valence-corrected chi connectivity index (χ2v) is 1.38. The zero-order valence-corrected chi connectivity index (χ0v) is 4.98. The summed E-state index contributed by atoms with van der Waals surface area (Å²) in [4.78, 5) is 0. The van der Waals surface area contributed by atoms with Crippen molar-refractivity contribution in [2.45, 2.75) is 13.3 Å². The second-order valence-electron chi connectivity index (χ2n) is 1.38. The minimum atomic E-state index is 0.201. The monoisotopic (exact) mass is 111 g/mol. The fourth-order valence-corrected chi connectivity index (χ4v) is 0.258. The van der Waals surface area contributed by atoms with Gasteiger partial charge in [0.25, 0.3) is 0 Å². The van der Waals surface area contributed by atoms with Crippen LogP contribution in [-0.4, -0.2) is 6.61 Å². The zero-order valence-electron chi connectivity index (χ0n) is 4.98. The first kappa shape index (κ1) is 7.03. The molecule has 0 atom stereocenters. The van der Waals surface area contributed by atoms with Crippen LogP contribution in [0.2, 0.25) is 0 Å². The summed E-state index contributed by atoms with van der Waals surface area (Å²) in [6.07, 6.45) is 0.917. The largest absolute Gasteiger partial charge is 0.484 e. The van der Waals surface area contributed by atoms with Gasteiger partial charge in [0.15, 0.2) is 5.76 Å². The molecule has 2 nitrogen and oxygen atoms in total. The maximum atomic E-state index is 8.09. The van der Waals surface area contributed by atoms with E-state index in [1.165, 1.54) is 0 Å². The minimum absolute atomic E-state index is 0.201. The Morgan fingerprint density at radius 3 is 2.88 bits per heavy atom. The van der Waals surface area contributed by atoms with E-state index in [0.29, 0.717) is 6.61 Å². The van der Waals surface area contributed by atoms with Crippen LogP contribution in [0.5, 0.6) is 0 Å². The predicted octanol–water partition coefficient (Wildman–Crippen LogP) is 1.45. The fourth-order valence-electron chi connectivity index (χ4n) is 0.258. The van der Waals surface area contributed by atoms with E-state index in [9.17, 15) is 0 Å². The Bertz CT molecular complexity index is 112. The fraction of sp³-hybridized carbons (Fsp3) is 0.500. The highest BCUT2D eigenvalue weighted by Crippen LogP contribution is 1.90. The summed E-state index contributed by atoms with van der Waals surface area (Å²) in [6.45, 7) is 5.89. The number of hydrogen-bond acceptors (Lipinski definition) is 2. The topological polar surface area (TPSA) is 33.0 Å². The molecule has 0 heterocycles. The first-order valence-electron chi connectivity index (χ1n) is 2.53. The molecule has 0 saturated carbocycles. The number of hydrogen-bond donors (Lipinski definition) is 0. The molecule has 0 bridgehead atoms. The standard InChI is InChI=1S/C6H9NO/c1-3-4-8-6(2)5-7/h2-4H2,1H3. The van der Waals surface area contributed by atoms with Crippen molar-refractivity contribution in [1.82, 2.24) is 0 Å². The Balaban J connectivity index is 3.16. The molecule has 0 spiro atoms. The van der Waals surface area contributed by atoms with E-state index in [4.69, 9.17) is 10.00 Å². The SMILES string of the molecule is C=C(C#N)OCCC. The van der Waals surface area contributed by atoms with Gasteiger partial charge >= 0.3 is 0 Å². The van der Waals surface area contributed by atoms with Crippen molar-refractivity contribution in [2.75, 3.05) is 6.61 Å². The van der Waals surface area contributed by atoms with Gasteiger partial charge in [-0.2, -0.15) is 5.26 Å². The Morgan fingerprint density at radius 2 is 2.50 bits per heavy atom. The van der Waals surface area contributed by atoms with Crippen molar-refractivity contribution < 1.29 is 4.74 Å². The third-order valence-electron chi connectivity index (χ3n) is 0.605. The lowest BCUT2D eigenvalue weighted by molar-refractivity contribution is 0.229. The van der Waals surface area contributed by atoms with Crippen LogP contribution < -0.4 is 0 Å². The van der Waals surface area contributed by atoms with E-state index < -0.39 is 0 Å². The molecule has 0 saturated heterocycles. The molecule has 0 aliphatic rings. The first-order chi connectivity index (χ1) is 3.81. The highest BCUT2D eigenvalue weighted by molar-refractivity contribution is 5.06. The number of rotatable bonds is 3. The van der Waals surface area contributed by atoms with Gasteiger partial charge < -0.3 is 4.74 Å². The van der Waals surface area contributed by atoms with Crippen molar-refractivity contribution in [2.24, 2.45) is 0 Å². The molecule has 0 aromatic heterocycles. The molecule has 0 aromatic rings. The number of nitrogens with zero attached hydrogens (tertiary/aromatic N) is 1. The molecule has 0 radical (unpaired) electrons. The molecule has 2 heteroatoms. The maximum absolute atomic E-state index is 8.09. The molecular weight excluding hydrogens is 102 g/mol. The molecule has 0 fully saturated rings. The van der Waals surface area contributed by atoms with Crippen LogP contribution in [0, 0.1) is 11.3 Å². The summed E-state index contributed by atoms with van der Waals surface area (Å²) in [6, 6.07) is 1.78. The van der Waals surface area contributed by atoms with Gasteiger partial charge in [0.2, 0.25) is 0 Å². The van der Waals surface area contributed by atoms with Gasteiger partial charge in [0.05, 0.1) is 6.61 Å². The van der Waals surface area contributed by atoms with E-state index in [1.54, 1.807) is 6.07 Å². The third kappa shape index (κ3) is 3.23. The van der Waals surface area contributed by atoms with Crippen molar-refractivity contribution >= 4 is 0 Å². The van der Waals surface area contributed by atoms with Gasteiger partial charge in [-0.3, -0.25) is 0 Å². The van der Waals surface area contributed by atoms with Crippen LogP contribution in [0.1, 0.15) is 13.3 Å². The van der Waals surface area contributed by atoms with Gasteiger partial charge in [-0.1, -0.05) is 6.92 Å².